The summed E-state index contributed by atoms with van der Waals surface area (Å²) in [5.74, 6) is -0.569. The quantitative estimate of drug-likeness (QED) is 0.781. The molecule has 0 heterocycles. The Balaban J connectivity index is 2.41. The van der Waals surface area contributed by atoms with E-state index in [1.807, 2.05) is 25.1 Å². The van der Waals surface area contributed by atoms with Crippen LogP contribution in [0.2, 0.25) is 0 Å². The minimum absolute atomic E-state index is 0.0597. The molecule has 0 saturated heterocycles. The number of hydrogen-bond acceptors (Lipinski definition) is 2. The van der Waals surface area contributed by atoms with Crippen LogP contribution in [0.3, 0.4) is 0 Å². The Morgan fingerprint density at radius 1 is 1.33 bits per heavy atom. The SMILES string of the molecule is CC(CNCC(C)(C)c1ccccc1)CC(=O)O. The first kappa shape index (κ1) is 14.7. The average molecular weight is 249 g/mol. The maximum absolute atomic E-state index is 10.6. The van der Waals surface area contributed by atoms with E-state index in [1.165, 1.54) is 5.56 Å². The van der Waals surface area contributed by atoms with Crippen molar-refractivity contribution in [2.24, 2.45) is 5.92 Å². The molecule has 1 aromatic rings. The molecule has 1 rings (SSSR count). The zero-order valence-corrected chi connectivity index (χ0v) is 11.4. The lowest BCUT2D eigenvalue weighted by molar-refractivity contribution is -0.137. The third-order valence-electron chi connectivity index (χ3n) is 3.14. The molecule has 1 atom stereocenters. The first-order valence-corrected chi connectivity index (χ1v) is 6.40. The van der Waals surface area contributed by atoms with Crippen molar-refractivity contribution in [3.63, 3.8) is 0 Å². The van der Waals surface area contributed by atoms with Gasteiger partial charge in [0.2, 0.25) is 0 Å². The van der Waals surface area contributed by atoms with Crippen LogP contribution >= 0.6 is 0 Å². The predicted octanol–water partition coefficient (Wildman–Crippen LogP) is 2.66. The van der Waals surface area contributed by atoms with Gasteiger partial charge in [-0.1, -0.05) is 51.1 Å². The molecule has 18 heavy (non-hydrogen) atoms. The predicted molar refractivity (Wildman–Crippen MR) is 73.8 cm³/mol. The largest absolute Gasteiger partial charge is 0.481 e. The summed E-state index contributed by atoms with van der Waals surface area (Å²) in [4.78, 5) is 10.6. The van der Waals surface area contributed by atoms with Crippen LogP contribution in [0.4, 0.5) is 0 Å². The summed E-state index contributed by atoms with van der Waals surface area (Å²) in [5, 5.41) is 12.1. The molecule has 0 amide bonds. The van der Waals surface area contributed by atoms with Crippen LogP contribution in [0.1, 0.15) is 32.8 Å². The van der Waals surface area contributed by atoms with Crippen molar-refractivity contribution in [1.82, 2.24) is 5.32 Å². The van der Waals surface area contributed by atoms with Crippen LogP contribution < -0.4 is 5.32 Å². The van der Waals surface area contributed by atoms with Crippen molar-refractivity contribution in [3.05, 3.63) is 35.9 Å². The number of carboxylic acid groups (broad SMARTS) is 1. The van der Waals surface area contributed by atoms with E-state index in [0.717, 1.165) is 13.1 Å². The topological polar surface area (TPSA) is 49.3 Å². The summed E-state index contributed by atoms with van der Waals surface area (Å²) in [6.45, 7) is 7.93. The van der Waals surface area contributed by atoms with E-state index < -0.39 is 5.97 Å². The molecule has 0 spiro atoms. The van der Waals surface area contributed by atoms with Gasteiger partial charge in [-0.05, 0) is 18.0 Å². The van der Waals surface area contributed by atoms with Crippen molar-refractivity contribution in [1.29, 1.82) is 0 Å². The summed E-state index contributed by atoms with van der Waals surface area (Å²) in [6, 6.07) is 10.4. The Morgan fingerprint density at radius 3 is 2.50 bits per heavy atom. The number of hydrogen-bond donors (Lipinski definition) is 2. The number of benzene rings is 1. The fourth-order valence-corrected chi connectivity index (χ4v) is 1.99. The molecule has 1 aromatic carbocycles. The number of carbonyl (C=O) groups is 1. The fourth-order valence-electron chi connectivity index (χ4n) is 1.99. The highest BCUT2D eigenvalue weighted by Crippen LogP contribution is 2.21. The molecule has 2 N–H and O–H groups in total. The lowest BCUT2D eigenvalue weighted by Crippen LogP contribution is -2.35. The molecule has 0 saturated carbocycles. The van der Waals surface area contributed by atoms with E-state index in [0.29, 0.717) is 0 Å². The number of carboxylic acids is 1. The van der Waals surface area contributed by atoms with Gasteiger partial charge in [-0.15, -0.1) is 0 Å². The zero-order valence-electron chi connectivity index (χ0n) is 11.4. The summed E-state index contributed by atoms with van der Waals surface area (Å²) >= 11 is 0. The lowest BCUT2D eigenvalue weighted by atomic mass is 9.84. The highest BCUT2D eigenvalue weighted by Gasteiger charge is 2.20. The Kier molecular flexibility index (Phi) is 5.35. The van der Waals surface area contributed by atoms with Crippen molar-refractivity contribution in [2.75, 3.05) is 13.1 Å². The van der Waals surface area contributed by atoms with Gasteiger partial charge >= 0.3 is 5.97 Å². The first-order chi connectivity index (χ1) is 8.42. The molecule has 0 aromatic heterocycles. The molecule has 3 nitrogen and oxygen atoms in total. The minimum Gasteiger partial charge on any atom is -0.481 e. The Hall–Kier alpha value is -1.35. The first-order valence-electron chi connectivity index (χ1n) is 6.40. The highest BCUT2D eigenvalue weighted by atomic mass is 16.4. The molecular weight excluding hydrogens is 226 g/mol. The Labute approximate surface area is 109 Å². The van der Waals surface area contributed by atoms with Crippen molar-refractivity contribution >= 4 is 5.97 Å². The highest BCUT2D eigenvalue weighted by molar-refractivity contribution is 5.66. The van der Waals surface area contributed by atoms with Crippen LogP contribution in [-0.2, 0) is 10.2 Å². The summed E-state index contributed by atoms with van der Waals surface area (Å²) in [7, 11) is 0. The third-order valence-corrected chi connectivity index (χ3v) is 3.14. The third kappa shape index (κ3) is 4.88. The monoisotopic (exact) mass is 249 g/mol. The standard InChI is InChI=1S/C15H23NO2/c1-12(9-14(17)18)10-16-11-15(2,3)13-7-5-4-6-8-13/h4-8,12,16H,9-11H2,1-3H3,(H,17,18). The molecule has 0 radical (unpaired) electrons. The van der Waals surface area contributed by atoms with Crippen molar-refractivity contribution in [2.45, 2.75) is 32.6 Å². The van der Waals surface area contributed by atoms with Gasteiger partial charge < -0.3 is 10.4 Å². The van der Waals surface area contributed by atoms with Crippen LogP contribution in [-0.4, -0.2) is 24.2 Å². The van der Waals surface area contributed by atoms with Gasteiger partial charge in [-0.2, -0.15) is 0 Å². The maximum atomic E-state index is 10.6. The van der Waals surface area contributed by atoms with Gasteiger partial charge in [0.15, 0.2) is 0 Å². The fraction of sp³-hybridized carbons (Fsp3) is 0.533. The molecule has 3 heteroatoms. The summed E-state index contributed by atoms with van der Waals surface area (Å²) in [5.41, 5.74) is 1.35. The molecule has 0 bridgehead atoms. The van der Waals surface area contributed by atoms with Crippen LogP contribution in [0.5, 0.6) is 0 Å². The van der Waals surface area contributed by atoms with E-state index in [9.17, 15) is 4.79 Å². The second-order valence-electron chi connectivity index (χ2n) is 5.58. The molecule has 1 unspecified atom stereocenters. The second-order valence-corrected chi connectivity index (χ2v) is 5.58. The van der Waals surface area contributed by atoms with Crippen LogP contribution in [0, 0.1) is 5.92 Å². The Bertz CT molecular complexity index is 373. The van der Waals surface area contributed by atoms with Crippen LogP contribution in [0.15, 0.2) is 30.3 Å². The molecule has 0 aliphatic rings. The number of nitrogens with one attached hydrogen (secondary N) is 1. The smallest absolute Gasteiger partial charge is 0.303 e. The van der Waals surface area contributed by atoms with Crippen molar-refractivity contribution < 1.29 is 9.90 Å². The summed E-state index contributed by atoms with van der Waals surface area (Å²) < 4.78 is 0. The normalized spacial score (nSPS) is 13.3. The Morgan fingerprint density at radius 2 is 1.94 bits per heavy atom. The number of rotatable bonds is 7. The second kappa shape index (κ2) is 6.55. The van der Waals surface area contributed by atoms with E-state index in [2.05, 4.69) is 31.3 Å². The molecular formula is C15H23NO2. The van der Waals surface area contributed by atoms with Crippen molar-refractivity contribution in [3.8, 4) is 0 Å². The molecule has 0 aliphatic heterocycles. The maximum Gasteiger partial charge on any atom is 0.303 e. The summed E-state index contributed by atoms with van der Waals surface area (Å²) in [6.07, 6.45) is 0.221. The zero-order chi connectivity index (χ0) is 13.6. The van der Waals surface area contributed by atoms with E-state index >= 15 is 0 Å². The lowest BCUT2D eigenvalue weighted by Gasteiger charge is -2.26. The number of aliphatic carboxylic acids is 1. The van der Waals surface area contributed by atoms with E-state index in [1.54, 1.807) is 0 Å². The van der Waals surface area contributed by atoms with Gasteiger partial charge in [0.25, 0.3) is 0 Å². The van der Waals surface area contributed by atoms with Gasteiger partial charge in [0.05, 0.1) is 0 Å². The van der Waals surface area contributed by atoms with Gasteiger partial charge in [0, 0.05) is 18.4 Å². The molecule has 100 valence electrons. The van der Waals surface area contributed by atoms with E-state index in [-0.39, 0.29) is 17.8 Å². The van der Waals surface area contributed by atoms with Crippen LogP contribution in [0.25, 0.3) is 0 Å². The molecule has 0 aliphatic carbocycles. The van der Waals surface area contributed by atoms with E-state index in [4.69, 9.17) is 5.11 Å². The average Bonchev–Trinajstić information content (AvgIpc) is 2.29. The van der Waals surface area contributed by atoms with Gasteiger partial charge in [0.1, 0.15) is 0 Å². The van der Waals surface area contributed by atoms with Gasteiger partial charge in [-0.25, -0.2) is 0 Å². The van der Waals surface area contributed by atoms with Gasteiger partial charge in [-0.3, -0.25) is 4.79 Å². The minimum atomic E-state index is -0.730. The molecule has 0 fully saturated rings.